The lowest BCUT2D eigenvalue weighted by atomic mass is 10.00. The molecule has 2 amide bonds. The Morgan fingerprint density at radius 3 is 2.61 bits per heavy atom. The number of rotatable bonds is 8. The minimum Gasteiger partial charge on any atom is -0.353 e. The van der Waals surface area contributed by atoms with Gasteiger partial charge in [-0.05, 0) is 18.6 Å². The van der Waals surface area contributed by atoms with Crippen molar-refractivity contribution >= 4 is 18.1 Å². The van der Waals surface area contributed by atoms with Gasteiger partial charge in [-0.3, -0.25) is 14.8 Å². The van der Waals surface area contributed by atoms with Gasteiger partial charge < -0.3 is 9.80 Å². The summed E-state index contributed by atoms with van der Waals surface area (Å²) in [4.78, 5) is 30.4. The third-order valence-electron chi connectivity index (χ3n) is 4.77. The van der Waals surface area contributed by atoms with E-state index in [0.717, 1.165) is 18.9 Å². The molecule has 28 heavy (non-hydrogen) atoms. The fraction of sp³-hybridized carbons (Fsp3) is 0.611. The first-order valence-corrected chi connectivity index (χ1v) is 9.24. The van der Waals surface area contributed by atoms with Crippen LogP contribution in [0.4, 0.5) is 19.0 Å². The number of hydroxylamine groups is 2. The smallest absolute Gasteiger partial charge is 0.353 e. The van der Waals surface area contributed by atoms with Crippen LogP contribution >= 0.6 is 0 Å². The number of pyridine rings is 1. The van der Waals surface area contributed by atoms with Crippen molar-refractivity contribution in [3.8, 4) is 0 Å². The van der Waals surface area contributed by atoms with Gasteiger partial charge in [-0.1, -0.05) is 19.8 Å². The highest BCUT2D eigenvalue weighted by molar-refractivity contribution is 5.79. The molecule has 0 radical (unpaired) electrons. The summed E-state index contributed by atoms with van der Waals surface area (Å²) in [5.41, 5.74) is -0.794. The molecule has 1 aromatic heterocycles. The summed E-state index contributed by atoms with van der Waals surface area (Å²) in [5, 5.41) is 9.90. The van der Waals surface area contributed by atoms with E-state index >= 15 is 0 Å². The second kappa shape index (κ2) is 9.72. The summed E-state index contributed by atoms with van der Waals surface area (Å²) in [6.45, 7) is 2.83. The van der Waals surface area contributed by atoms with E-state index in [0.29, 0.717) is 11.5 Å². The zero-order valence-electron chi connectivity index (χ0n) is 15.7. The van der Waals surface area contributed by atoms with Crippen molar-refractivity contribution in [3.05, 3.63) is 23.9 Å². The fourth-order valence-electron chi connectivity index (χ4n) is 3.28. The molecule has 10 heteroatoms. The second-order valence-electron chi connectivity index (χ2n) is 6.75. The zero-order valence-corrected chi connectivity index (χ0v) is 15.7. The van der Waals surface area contributed by atoms with Crippen LogP contribution in [0.25, 0.3) is 0 Å². The van der Waals surface area contributed by atoms with Crippen LogP contribution in [0.5, 0.6) is 0 Å². The largest absolute Gasteiger partial charge is 0.419 e. The van der Waals surface area contributed by atoms with E-state index in [1.807, 2.05) is 6.92 Å². The number of anilines is 1. The maximum Gasteiger partial charge on any atom is 0.419 e. The van der Waals surface area contributed by atoms with Gasteiger partial charge in [0.15, 0.2) is 0 Å². The van der Waals surface area contributed by atoms with Crippen LogP contribution < -0.4 is 4.90 Å². The molecule has 0 aromatic carbocycles. The monoisotopic (exact) mass is 402 g/mol. The first kappa shape index (κ1) is 21.9. The number of hydrogen-bond donors (Lipinski definition) is 1. The Bertz CT molecular complexity index is 664. The zero-order chi connectivity index (χ0) is 20.7. The second-order valence-corrected chi connectivity index (χ2v) is 6.75. The lowest BCUT2D eigenvalue weighted by Crippen LogP contribution is -2.52. The van der Waals surface area contributed by atoms with Gasteiger partial charge in [0, 0.05) is 32.4 Å². The Morgan fingerprint density at radius 1 is 1.36 bits per heavy atom. The summed E-state index contributed by atoms with van der Waals surface area (Å²) in [6.07, 6.45) is -0.766. The Morgan fingerprint density at radius 2 is 2.04 bits per heavy atom. The van der Waals surface area contributed by atoms with Crippen LogP contribution in [0.1, 0.15) is 31.7 Å². The highest BCUT2D eigenvalue weighted by Gasteiger charge is 2.37. The van der Waals surface area contributed by atoms with E-state index in [2.05, 4.69) is 4.98 Å². The number of halogens is 3. The van der Waals surface area contributed by atoms with E-state index in [1.54, 1.807) is 4.90 Å². The molecular formula is C18H25F3N4O3. The quantitative estimate of drug-likeness (QED) is 0.411. The Kier molecular flexibility index (Phi) is 7.61. The predicted molar refractivity (Wildman–Crippen MR) is 95.6 cm³/mol. The average Bonchev–Trinajstić information content (AvgIpc) is 2.69. The van der Waals surface area contributed by atoms with Gasteiger partial charge in [0.05, 0.1) is 18.0 Å². The average molecular weight is 402 g/mol. The van der Waals surface area contributed by atoms with Crippen LogP contribution in [-0.4, -0.2) is 65.2 Å². The molecule has 7 nitrogen and oxygen atoms in total. The fourth-order valence-corrected chi connectivity index (χ4v) is 3.28. The number of amides is 2. The van der Waals surface area contributed by atoms with E-state index in [-0.39, 0.29) is 50.9 Å². The minimum atomic E-state index is -4.50. The number of unbranched alkanes of at least 4 members (excludes halogenated alkanes) is 1. The van der Waals surface area contributed by atoms with E-state index in [9.17, 15) is 28.0 Å². The standard InChI is InChI=1S/C18H25F3N4O3/c1-2-3-5-14(12-25(28)13-26)17(27)24-10-8-23(9-11-24)16-15(18(19,20)21)6-4-7-22-16/h4,6-7,13-14,28H,2-3,5,8-12H2,1H3. The molecule has 1 unspecified atom stereocenters. The summed E-state index contributed by atoms with van der Waals surface area (Å²) < 4.78 is 39.6. The van der Waals surface area contributed by atoms with Crippen molar-refractivity contribution in [1.82, 2.24) is 14.9 Å². The first-order chi connectivity index (χ1) is 13.3. The van der Waals surface area contributed by atoms with Gasteiger partial charge in [0.2, 0.25) is 12.3 Å². The summed E-state index contributed by atoms with van der Waals surface area (Å²) in [5.74, 6) is -0.875. The molecule has 156 valence electrons. The molecule has 1 aliphatic rings. The van der Waals surface area contributed by atoms with Crippen molar-refractivity contribution in [2.75, 3.05) is 37.6 Å². The van der Waals surface area contributed by atoms with Crippen LogP contribution in [0.2, 0.25) is 0 Å². The normalized spacial score (nSPS) is 16.0. The Labute approximate surface area is 161 Å². The maximum atomic E-state index is 13.2. The third-order valence-corrected chi connectivity index (χ3v) is 4.77. The molecule has 1 saturated heterocycles. The van der Waals surface area contributed by atoms with Crippen LogP contribution in [0.3, 0.4) is 0 Å². The lowest BCUT2D eigenvalue weighted by molar-refractivity contribution is -0.157. The Hall–Kier alpha value is -2.36. The third kappa shape index (κ3) is 5.57. The predicted octanol–water partition coefficient (Wildman–Crippen LogP) is 2.40. The van der Waals surface area contributed by atoms with Crippen LogP contribution in [0, 0.1) is 5.92 Å². The molecule has 1 aromatic rings. The lowest BCUT2D eigenvalue weighted by Gasteiger charge is -2.38. The van der Waals surface area contributed by atoms with Crippen molar-refractivity contribution in [3.63, 3.8) is 0 Å². The molecule has 1 atom stereocenters. The van der Waals surface area contributed by atoms with Crippen molar-refractivity contribution in [2.45, 2.75) is 32.4 Å². The summed E-state index contributed by atoms with van der Waals surface area (Å²) >= 11 is 0. The highest BCUT2D eigenvalue weighted by atomic mass is 19.4. The summed E-state index contributed by atoms with van der Waals surface area (Å²) in [7, 11) is 0. The number of nitrogens with zero attached hydrogens (tertiary/aromatic N) is 4. The molecule has 0 aliphatic carbocycles. The highest BCUT2D eigenvalue weighted by Crippen LogP contribution is 2.35. The minimum absolute atomic E-state index is 0.0962. The number of carbonyl (C=O) groups is 2. The molecule has 2 rings (SSSR count). The number of aromatic nitrogens is 1. The molecule has 2 heterocycles. The topological polar surface area (TPSA) is 77.0 Å². The number of hydrogen-bond acceptors (Lipinski definition) is 5. The van der Waals surface area contributed by atoms with Gasteiger partial charge in [-0.2, -0.15) is 13.2 Å². The van der Waals surface area contributed by atoms with Gasteiger partial charge in [-0.25, -0.2) is 10.0 Å². The van der Waals surface area contributed by atoms with E-state index in [4.69, 9.17) is 0 Å². The first-order valence-electron chi connectivity index (χ1n) is 9.24. The molecule has 1 N–H and O–H groups in total. The van der Waals surface area contributed by atoms with Gasteiger partial charge in [-0.15, -0.1) is 0 Å². The van der Waals surface area contributed by atoms with Gasteiger partial charge in [0.25, 0.3) is 0 Å². The molecule has 0 bridgehead atoms. The molecule has 1 fully saturated rings. The van der Waals surface area contributed by atoms with E-state index < -0.39 is 17.7 Å². The Balaban J connectivity index is 2.04. The number of alkyl halides is 3. The van der Waals surface area contributed by atoms with Crippen molar-refractivity contribution in [2.24, 2.45) is 5.92 Å². The van der Waals surface area contributed by atoms with Crippen molar-refractivity contribution in [1.29, 1.82) is 0 Å². The van der Waals surface area contributed by atoms with Crippen LogP contribution in [0.15, 0.2) is 18.3 Å². The molecule has 1 aliphatic heterocycles. The molecule has 0 saturated carbocycles. The number of carbonyl (C=O) groups excluding carboxylic acids is 2. The molecule has 0 spiro atoms. The van der Waals surface area contributed by atoms with Crippen molar-refractivity contribution < 1.29 is 28.0 Å². The van der Waals surface area contributed by atoms with Crippen LogP contribution in [-0.2, 0) is 15.8 Å². The van der Waals surface area contributed by atoms with Gasteiger partial charge in [0.1, 0.15) is 5.82 Å². The van der Waals surface area contributed by atoms with E-state index in [1.165, 1.54) is 17.2 Å². The molecular weight excluding hydrogens is 377 g/mol. The number of piperazine rings is 1. The summed E-state index contributed by atoms with van der Waals surface area (Å²) in [6, 6.07) is 2.24. The van der Waals surface area contributed by atoms with Gasteiger partial charge >= 0.3 is 6.18 Å². The maximum absolute atomic E-state index is 13.2. The SMILES string of the molecule is CCCCC(CN(O)C=O)C(=O)N1CCN(c2ncccc2C(F)(F)F)CC1.